The quantitative estimate of drug-likeness (QED) is 0.807. The number of ether oxygens (including phenoxy) is 1. The Balaban J connectivity index is 1.71. The fourth-order valence-corrected chi connectivity index (χ4v) is 2.40. The molecular formula is C14H15N7O. The zero-order chi connectivity index (χ0) is 15.4. The van der Waals surface area contributed by atoms with Crippen molar-refractivity contribution in [2.45, 2.75) is 0 Å². The predicted molar refractivity (Wildman–Crippen MR) is 79.8 cm³/mol. The summed E-state index contributed by atoms with van der Waals surface area (Å²) < 4.78 is 5.12. The van der Waals surface area contributed by atoms with Gasteiger partial charge in [0, 0.05) is 44.6 Å². The Kier molecular flexibility index (Phi) is 3.96. The molecule has 22 heavy (non-hydrogen) atoms. The highest BCUT2D eigenvalue weighted by Gasteiger charge is 2.21. The first-order chi connectivity index (χ1) is 10.8. The monoisotopic (exact) mass is 297 g/mol. The van der Waals surface area contributed by atoms with Gasteiger partial charge < -0.3 is 14.5 Å². The largest absolute Gasteiger partial charge is 0.481 e. The van der Waals surface area contributed by atoms with Crippen molar-refractivity contribution in [1.29, 1.82) is 5.26 Å². The maximum atomic E-state index is 9.12. The molecule has 0 spiro atoms. The molecule has 1 saturated heterocycles. The molecule has 8 nitrogen and oxygen atoms in total. The van der Waals surface area contributed by atoms with E-state index >= 15 is 0 Å². The molecule has 0 bridgehead atoms. The van der Waals surface area contributed by atoms with Gasteiger partial charge in [0.05, 0.1) is 7.11 Å². The summed E-state index contributed by atoms with van der Waals surface area (Å²) in [7, 11) is 1.58. The molecule has 0 aromatic carbocycles. The lowest BCUT2D eigenvalue weighted by molar-refractivity contribution is 0.396. The Hall–Kier alpha value is -2.95. The van der Waals surface area contributed by atoms with Crippen LogP contribution in [-0.4, -0.2) is 53.2 Å². The summed E-state index contributed by atoms with van der Waals surface area (Å²) in [5, 5.41) is 9.12. The topological polar surface area (TPSA) is 91.1 Å². The summed E-state index contributed by atoms with van der Waals surface area (Å²) in [5.74, 6) is 2.03. The van der Waals surface area contributed by atoms with Crippen LogP contribution < -0.4 is 14.5 Å². The molecule has 0 atom stereocenters. The average molecular weight is 297 g/mol. The van der Waals surface area contributed by atoms with Crippen LogP contribution in [0.3, 0.4) is 0 Å². The molecule has 2 aromatic rings. The molecule has 8 heteroatoms. The molecule has 1 fully saturated rings. The van der Waals surface area contributed by atoms with E-state index < -0.39 is 0 Å². The van der Waals surface area contributed by atoms with Gasteiger partial charge in [0.15, 0.2) is 11.5 Å². The van der Waals surface area contributed by atoms with Gasteiger partial charge >= 0.3 is 0 Å². The van der Waals surface area contributed by atoms with Gasteiger partial charge in [-0.3, -0.25) is 0 Å². The van der Waals surface area contributed by atoms with Gasteiger partial charge in [-0.25, -0.2) is 19.9 Å². The van der Waals surface area contributed by atoms with Crippen LogP contribution in [0, 0.1) is 11.3 Å². The van der Waals surface area contributed by atoms with Gasteiger partial charge in [-0.1, -0.05) is 0 Å². The number of nitrogens with zero attached hydrogens (tertiary/aromatic N) is 7. The second-order valence-electron chi connectivity index (χ2n) is 4.73. The number of hydrogen-bond acceptors (Lipinski definition) is 8. The molecule has 0 radical (unpaired) electrons. The second-order valence-corrected chi connectivity index (χ2v) is 4.73. The Morgan fingerprint density at radius 3 is 2.50 bits per heavy atom. The number of methoxy groups -OCH3 is 1. The van der Waals surface area contributed by atoms with Crippen molar-refractivity contribution in [3.05, 3.63) is 30.5 Å². The Morgan fingerprint density at radius 2 is 1.77 bits per heavy atom. The van der Waals surface area contributed by atoms with Crippen molar-refractivity contribution >= 4 is 11.6 Å². The molecule has 112 valence electrons. The van der Waals surface area contributed by atoms with Crippen molar-refractivity contribution in [1.82, 2.24) is 19.9 Å². The number of nitriles is 1. The third-order valence-electron chi connectivity index (χ3n) is 3.52. The van der Waals surface area contributed by atoms with E-state index in [0.29, 0.717) is 17.4 Å². The van der Waals surface area contributed by atoms with Gasteiger partial charge in [-0.2, -0.15) is 5.26 Å². The predicted octanol–water partition coefficient (Wildman–Crippen LogP) is 0.473. The lowest BCUT2D eigenvalue weighted by atomic mass is 10.3. The summed E-state index contributed by atoms with van der Waals surface area (Å²) in [5.41, 5.74) is 0.361. The standard InChI is InChI=1S/C14H15N7O/c1-22-13-8-12(18-10-19-13)20-4-6-21(7-5-20)14-11(9-15)16-2-3-17-14/h2-3,8,10H,4-7H2,1H3. The van der Waals surface area contributed by atoms with Crippen LogP contribution in [0.5, 0.6) is 5.88 Å². The van der Waals surface area contributed by atoms with E-state index in [0.717, 1.165) is 32.0 Å². The summed E-state index contributed by atoms with van der Waals surface area (Å²) in [6, 6.07) is 3.90. The van der Waals surface area contributed by atoms with E-state index in [4.69, 9.17) is 10.00 Å². The molecule has 0 unspecified atom stereocenters. The van der Waals surface area contributed by atoms with Crippen LogP contribution in [-0.2, 0) is 0 Å². The summed E-state index contributed by atoms with van der Waals surface area (Å²) in [4.78, 5) is 20.8. The Bertz CT molecular complexity index is 692. The van der Waals surface area contributed by atoms with Crippen molar-refractivity contribution in [3.8, 4) is 11.9 Å². The first-order valence-corrected chi connectivity index (χ1v) is 6.89. The highest BCUT2D eigenvalue weighted by molar-refractivity contribution is 5.51. The normalized spacial score (nSPS) is 14.5. The van der Waals surface area contributed by atoms with Crippen LogP contribution in [0.4, 0.5) is 11.6 Å². The van der Waals surface area contributed by atoms with Crippen LogP contribution in [0.1, 0.15) is 5.69 Å². The number of hydrogen-bond donors (Lipinski definition) is 0. The maximum Gasteiger partial charge on any atom is 0.218 e. The van der Waals surface area contributed by atoms with Crippen molar-refractivity contribution in [2.24, 2.45) is 0 Å². The highest BCUT2D eigenvalue weighted by atomic mass is 16.5. The number of piperazine rings is 1. The van der Waals surface area contributed by atoms with E-state index in [1.165, 1.54) is 12.5 Å². The third-order valence-corrected chi connectivity index (χ3v) is 3.52. The van der Waals surface area contributed by atoms with E-state index in [2.05, 4.69) is 35.8 Å². The molecule has 0 amide bonds. The zero-order valence-corrected chi connectivity index (χ0v) is 12.2. The van der Waals surface area contributed by atoms with Crippen molar-refractivity contribution in [3.63, 3.8) is 0 Å². The number of rotatable bonds is 3. The van der Waals surface area contributed by atoms with Gasteiger partial charge in [0.25, 0.3) is 0 Å². The van der Waals surface area contributed by atoms with Gasteiger partial charge in [0.2, 0.25) is 5.88 Å². The minimum absolute atomic E-state index is 0.361. The molecule has 0 N–H and O–H groups in total. The molecule has 1 aliphatic rings. The number of aromatic nitrogens is 4. The van der Waals surface area contributed by atoms with Crippen LogP contribution in [0.25, 0.3) is 0 Å². The van der Waals surface area contributed by atoms with Gasteiger partial charge in [-0.05, 0) is 0 Å². The molecular weight excluding hydrogens is 282 g/mol. The summed E-state index contributed by atoms with van der Waals surface area (Å²) in [6.45, 7) is 3.06. The summed E-state index contributed by atoms with van der Waals surface area (Å²) >= 11 is 0. The summed E-state index contributed by atoms with van der Waals surface area (Å²) in [6.07, 6.45) is 4.64. The minimum atomic E-state index is 0.361. The van der Waals surface area contributed by atoms with E-state index in [-0.39, 0.29) is 0 Å². The minimum Gasteiger partial charge on any atom is -0.481 e. The highest BCUT2D eigenvalue weighted by Crippen LogP contribution is 2.20. The first kappa shape index (κ1) is 14.0. The average Bonchev–Trinajstić information content (AvgIpc) is 2.62. The molecule has 0 aliphatic carbocycles. The lowest BCUT2D eigenvalue weighted by Crippen LogP contribution is -2.47. The van der Waals surface area contributed by atoms with Crippen LogP contribution in [0.15, 0.2) is 24.8 Å². The number of anilines is 2. The van der Waals surface area contributed by atoms with E-state index in [9.17, 15) is 0 Å². The fraction of sp³-hybridized carbons (Fsp3) is 0.357. The van der Waals surface area contributed by atoms with Gasteiger partial charge in [0.1, 0.15) is 18.2 Å². The first-order valence-electron chi connectivity index (χ1n) is 6.89. The smallest absolute Gasteiger partial charge is 0.218 e. The Morgan fingerprint density at radius 1 is 1.05 bits per heavy atom. The van der Waals surface area contributed by atoms with Crippen LogP contribution in [0.2, 0.25) is 0 Å². The molecule has 3 rings (SSSR count). The third kappa shape index (κ3) is 2.74. The van der Waals surface area contributed by atoms with Gasteiger partial charge in [-0.15, -0.1) is 0 Å². The van der Waals surface area contributed by atoms with Crippen LogP contribution >= 0.6 is 0 Å². The molecule has 1 aliphatic heterocycles. The van der Waals surface area contributed by atoms with E-state index in [1.807, 2.05) is 6.07 Å². The van der Waals surface area contributed by atoms with Crippen molar-refractivity contribution < 1.29 is 4.74 Å². The lowest BCUT2D eigenvalue weighted by Gasteiger charge is -2.36. The maximum absolute atomic E-state index is 9.12. The van der Waals surface area contributed by atoms with Crippen molar-refractivity contribution in [2.75, 3.05) is 43.1 Å². The molecule has 3 heterocycles. The van der Waals surface area contributed by atoms with E-state index in [1.54, 1.807) is 13.3 Å². The fourth-order valence-electron chi connectivity index (χ4n) is 2.40. The SMILES string of the molecule is COc1cc(N2CCN(c3nccnc3C#N)CC2)ncn1. The Labute approximate surface area is 128 Å². The zero-order valence-electron chi connectivity index (χ0n) is 12.2. The molecule has 0 saturated carbocycles. The second kappa shape index (κ2) is 6.22. The molecule has 2 aromatic heterocycles.